The molecule has 0 aliphatic heterocycles. The number of aryl methyl sites for hydroxylation is 2. The smallest absolute Gasteiger partial charge is 0.416 e. The van der Waals surface area contributed by atoms with Gasteiger partial charge in [0.1, 0.15) is 0 Å². The molecule has 3 aromatic rings. The number of benzene rings is 2. The molecular weight excluding hydrogens is 423 g/mol. The molecule has 0 atom stereocenters. The Hall–Kier alpha value is -3.62. The molecule has 1 heterocycles. The van der Waals surface area contributed by atoms with Gasteiger partial charge in [-0.15, -0.1) is 0 Å². The average Bonchev–Trinajstić information content (AvgIpc) is 3.02. The van der Waals surface area contributed by atoms with Gasteiger partial charge in [0.25, 0.3) is 0 Å². The van der Waals surface area contributed by atoms with Crippen molar-refractivity contribution >= 4 is 17.6 Å². The Kier molecular flexibility index (Phi) is 6.38. The minimum Gasteiger partial charge on any atom is -0.465 e. The molecule has 0 aliphatic rings. The number of hydrogen-bond acceptors (Lipinski definition) is 4. The molecule has 0 unspecified atom stereocenters. The first kappa shape index (κ1) is 23.1. The summed E-state index contributed by atoms with van der Waals surface area (Å²) < 4.78 is 45.3. The van der Waals surface area contributed by atoms with Crippen LogP contribution in [0, 0.1) is 20.8 Å². The standard InChI is InChI=1S/C23H22F3N3O3/c1-13-8-9-16(22(31)32-4)10-20(13)27-21(30)12-19-14(2)28-29(15(19)3)18-7-5-6-17(11-18)23(24,25)26/h5-11H,12H2,1-4H3,(H,27,30). The van der Waals surface area contributed by atoms with Gasteiger partial charge < -0.3 is 10.1 Å². The third-order valence-electron chi connectivity index (χ3n) is 5.13. The number of rotatable bonds is 5. The van der Waals surface area contributed by atoms with Gasteiger partial charge in [-0.3, -0.25) is 4.79 Å². The molecular formula is C23H22F3N3O3. The average molecular weight is 445 g/mol. The van der Waals surface area contributed by atoms with Crippen LogP contribution in [-0.4, -0.2) is 28.8 Å². The SMILES string of the molecule is COC(=O)c1ccc(C)c(NC(=O)Cc2c(C)nn(-c3cccc(C(F)(F)F)c3)c2C)c1. The summed E-state index contributed by atoms with van der Waals surface area (Å²) in [7, 11) is 1.27. The van der Waals surface area contributed by atoms with Crippen LogP contribution in [0.4, 0.5) is 18.9 Å². The van der Waals surface area contributed by atoms with E-state index in [9.17, 15) is 22.8 Å². The Bertz CT molecular complexity index is 1180. The lowest BCUT2D eigenvalue weighted by Crippen LogP contribution is -2.16. The zero-order valence-electron chi connectivity index (χ0n) is 18.0. The highest BCUT2D eigenvalue weighted by atomic mass is 19.4. The summed E-state index contributed by atoms with van der Waals surface area (Å²) in [6.45, 7) is 5.19. The zero-order valence-corrected chi connectivity index (χ0v) is 18.0. The fourth-order valence-corrected chi connectivity index (χ4v) is 3.35. The van der Waals surface area contributed by atoms with E-state index in [0.717, 1.165) is 17.7 Å². The van der Waals surface area contributed by atoms with Crippen molar-refractivity contribution in [3.63, 3.8) is 0 Å². The van der Waals surface area contributed by atoms with Crippen molar-refractivity contribution in [3.8, 4) is 5.69 Å². The highest BCUT2D eigenvalue weighted by Crippen LogP contribution is 2.31. The van der Waals surface area contributed by atoms with Crippen molar-refractivity contribution in [3.05, 3.63) is 76.1 Å². The number of carbonyl (C=O) groups excluding carboxylic acids is 2. The molecule has 1 aromatic heterocycles. The first-order valence-electron chi connectivity index (χ1n) is 9.72. The van der Waals surface area contributed by atoms with E-state index in [-0.39, 0.29) is 18.0 Å². The van der Waals surface area contributed by atoms with E-state index in [1.807, 2.05) is 0 Å². The Morgan fingerprint density at radius 1 is 1.09 bits per heavy atom. The monoisotopic (exact) mass is 445 g/mol. The van der Waals surface area contributed by atoms with Gasteiger partial charge in [0, 0.05) is 16.9 Å². The number of anilines is 1. The predicted octanol–water partition coefficient (Wildman–Crippen LogP) is 4.78. The number of carbonyl (C=O) groups is 2. The van der Waals surface area contributed by atoms with Crippen LogP contribution in [0.25, 0.3) is 5.69 Å². The quantitative estimate of drug-likeness (QED) is 0.574. The van der Waals surface area contributed by atoms with Gasteiger partial charge in [0.05, 0.1) is 36.0 Å². The third kappa shape index (κ3) is 4.82. The molecule has 0 spiro atoms. The van der Waals surface area contributed by atoms with Crippen molar-refractivity contribution in [1.82, 2.24) is 9.78 Å². The maximum atomic E-state index is 13.1. The Morgan fingerprint density at radius 3 is 2.47 bits per heavy atom. The molecule has 0 radical (unpaired) electrons. The largest absolute Gasteiger partial charge is 0.465 e. The lowest BCUT2D eigenvalue weighted by atomic mass is 10.1. The molecule has 0 fully saturated rings. The molecule has 168 valence electrons. The van der Waals surface area contributed by atoms with E-state index in [1.165, 1.54) is 30.0 Å². The van der Waals surface area contributed by atoms with E-state index in [2.05, 4.69) is 10.4 Å². The predicted molar refractivity (Wildman–Crippen MR) is 113 cm³/mol. The zero-order chi connectivity index (χ0) is 23.6. The molecule has 1 amide bonds. The maximum absolute atomic E-state index is 13.1. The van der Waals surface area contributed by atoms with Gasteiger partial charge in [-0.05, 0) is 56.7 Å². The Labute approximate surface area is 183 Å². The highest BCUT2D eigenvalue weighted by Gasteiger charge is 2.30. The summed E-state index contributed by atoms with van der Waals surface area (Å²) in [5.74, 6) is -0.862. The summed E-state index contributed by atoms with van der Waals surface area (Å²) in [5.41, 5.74) is 2.74. The number of nitrogens with one attached hydrogen (secondary N) is 1. The number of halogens is 3. The van der Waals surface area contributed by atoms with Gasteiger partial charge in [-0.25, -0.2) is 9.48 Å². The van der Waals surface area contributed by atoms with E-state index in [4.69, 9.17) is 4.74 Å². The molecule has 3 rings (SSSR count). The summed E-state index contributed by atoms with van der Waals surface area (Å²) in [5, 5.41) is 7.12. The number of amides is 1. The first-order valence-corrected chi connectivity index (χ1v) is 9.72. The molecule has 0 bridgehead atoms. The molecule has 32 heavy (non-hydrogen) atoms. The van der Waals surface area contributed by atoms with Crippen molar-refractivity contribution in [1.29, 1.82) is 0 Å². The fraction of sp³-hybridized carbons (Fsp3) is 0.261. The van der Waals surface area contributed by atoms with Crippen LogP contribution >= 0.6 is 0 Å². The van der Waals surface area contributed by atoms with Crippen molar-refractivity contribution in [2.24, 2.45) is 0 Å². The molecule has 0 saturated carbocycles. The van der Waals surface area contributed by atoms with E-state index < -0.39 is 17.7 Å². The summed E-state index contributed by atoms with van der Waals surface area (Å²) >= 11 is 0. The number of methoxy groups -OCH3 is 1. The number of hydrogen-bond donors (Lipinski definition) is 1. The number of esters is 1. The first-order chi connectivity index (χ1) is 15.0. The summed E-state index contributed by atoms with van der Waals surface area (Å²) in [6, 6.07) is 9.69. The maximum Gasteiger partial charge on any atom is 0.416 e. The molecule has 0 aliphatic carbocycles. The van der Waals surface area contributed by atoms with Gasteiger partial charge >= 0.3 is 12.1 Å². The third-order valence-corrected chi connectivity index (χ3v) is 5.13. The van der Waals surface area contributed by atoms with Gasteiger partial charge in [-0.1, -0.05) is 12.1 Å². The van der Waals surface area contributed by atoms with E-state index >= 15 is 0 Å². The van der Waals surface area contributed by atoms with Crippen LogP contribution in [0.5, 0.6) is 0 Å². The number of aromatic nitrogens is 2. The number of ether oxygens (including phenoxy) is 1. The fourth-order valence-electron chi connectivity index (χ4n) is 3.35. The minimum atomic E-state index is -4.47. The lowest BCUT2D eigenvalue weighted by molar-refractivity contribution is -0.137. The van der Waals surface area contributed by atoms with Crippen molar-refractivity contribution < 1.29 is 27.5 Å². The number of nitrogens with zero attached hydrogens (tertiary/aromatic N) is 2. The van der Waals surface area contributed by atoms with Gasteiger partial charge in [0.15, 0.2) is 0 Å². The second-order valence-electron chi connectivity index (χ2n) is 7.36. The van der Waals surface area contributed by atoms with Gasteiger partial charge in [-0.2, -0.15) is 18.3 Å². The topological polar surface area (TPSA) is 73.2 Å². The van der Waals surface area contributed by atoms with Crippen LogP contribution in [0.2, 0.25) is 0 Å². The van der Waals surface area contributed by atoms with Gasteiger partial charge in [0.2, 0.25) is 5.91 Å². The Balaban J connectivity index is 1.85. The van der Waals surface area contributed by atoms with Crippen LogP contribution in [0.15, 0.2) is 42.5 Å². The summed E-state index contributed by atoms with van der Waals surface area (Å²) in [4.78, 5) is 24.5. The second kappa shape index (κ2) is 8.86. The molecule has 1 N–H and O–H groups in total. The lowest BCUT2D eigenvalue weighted by Gasteiger charge is -2.11. The van der Waals surface area contributed by atoms with Crippen molar-refractivity contribution in [2.45, 2.75) is 33.4 Å². The van der Waals surface area contributed by atoms with Crippen molar-refractivity contribution in [2.75, 3.05) is 12.4 Å². The second-order valence-corrected chi connectivity index (χ2v) is 7.36. The highest BCUT2D eigenvalue weighted by molar-refractivity contribution is 5.96. The minimum absolute atomic E-state index is 0.0292. The molecule has 2 aromatic carbocycles. The molecule has 0 saturated heterocycles. The van der Waals surface area contributed by atoms with E-state index in [0.29, 0.717) is 28.2 Å². The van der Waals surface area contributed by atoms with Crippen LogP contribution in [0.3, 0.4) is 0 Å². The van der Waals surface area contributed by atoms with Crippen LogP contribution < -0.4 is 5.32 Å². The number of alkyl halides is 3. The van der Waals surface area contributed by atoms with Crippen LogP contribution in [-0.2, 0) is 22.1 Å². The molecule has 9 heteroatoms. The molecule has 6 nitrogen and oxygen atoms in total. The summed E-state index contributed by atoms with van der Waals surface area (Å²) in [6.07, 6.45) is -4.50. The normalized spacial score (nSPS) is 11.3. The Morgan fingerprint density at radius 2 is 1.81 bits per heavy atom. The van der Waals surface area contributed by atoms with Crippen LogP contribution in [0.1, 0.15) is 38.4 Å². The van der Waals surface area contributed by atoms with E-state index in [1.54, 1.807) is 32.9 Å².